The molecule has 1 saturated heterocycles. The number of nitrogens with zero attached hydrogens (tertiary/aromatic N) is 1. The molecule has 2 heterocycles. The van der Waals surface area contributed by atoms with Gasteiger partial charge in [0.1, 0.15) is 11.5 Å². The fourth-order valence-corrected chi connectivity index (χ4v) is 4.36. The van der Waals surface area contributed by atoms with Gasteiger partial charge in [-0.3, -0.25) is 0 Å². The smallest absolute Gasteiger partial charge is 0.145 e. The zero-order chi connectivity index (χ0) is 16.1. The maximum atomic E-state index is 6.36. The van der Waals surface area contributed by atoms with Crippen LogP contribution in [0.5, 0.6) is 0 Å². The first-order valence-electron chi connectivity index (χ1n) is 9.19. The lowest BCUT2D eigenvalue weighted by Gasteiger charge is -2.23. The van der Waals surface area contributed by atoms with Gasteiger partial charge in [0, 0.05) is 29.6 Å². The van der Waals surface area contributed by atoms with Gasteiger partial charge in [-0.25, -0.2) is 0 Å². The van der Waals surface area contributed by atoms with E-state index in [-0.39, 0.29) is 0 Å². The Kier molecular flexibility index (Phi) is 3.49. The van der Waals surface area contributed by atoms with E-state index in [9.17, 15) is 0 Å². The zero-order valence-electron chi connectivity index (χ0n) is 14.1. The summed E-state index contributed by atoms with van der Waals surface area (Å²) in [4.78, 5) is 0. The molecule has 0 radical (unpaired) electrons. The van der Waals surface area contributed by atoms with Crippen molar-refractivity contribution in [2.45, 2.75) is 57.3 Å². The molecule has 2 saturated carbocycles. The van der Waals surface area contributed by atoms with Crippen LogP contribution in [0.25, 0.3) is 11.3 Å². The van der Waals surface area contributed by atoms with Crippen molar-refractivity contribution in [2.75, 3.05) is 6.54 Å². The van der Waals surface area contributed by atoms with Gasteiger partial charge in [-0.2, -0.15) is 0 Å². The summed E-state index contributed by atoms with van der Waals surface area (Å²) in [6.45, 7) is 3.87. The molecule has 3 atom stereocenters. The zero-order valence-corrected chi connectivity index (χ0v) is 14.1. The standard InChI is InChI=1S/C20H24N2O2/c1-12-4-2-3-5-16(12)19-17(20(24-22-19)13-6-7-13)11-23-18-9-15-8-14(18)10-21-15/h2-5,13-15,18,21H,6-11H2,1H3/t14-,15-,18+/m0/s1. The number of aromatic nitrogens is 1. The van der Waals surface area contributed by atoms with Gasteiger partial charge in [-0.15, -0.1) is 0 Å². The maximum Gasteiger partial charge on any atom is 0.145 e. The van der Waals surface area contributed by atoms with Crippen LogP contribution in [0.4, 0.5) is 0 Å². The molecule has 1 aliphatic heterocycles. The van der Waals surface area contributed by atoms with Gasteiger partial charge < -0.3 is 14.6 Å². The summed E-state index contributed by atoms with van der Waals surface area (Å²) >= 11 is 0. The first-order chi connectivity index (χ1) is 11.8. The van der Waals surface area contributed by atoms with Crippen molar-refractivity contribution in [3.8, 4) is 11.3 Å². The van der Waals surface area contributed by atoms with Crippen LogP contribution >= 0.6 is 0 Å². The highest BCUT2D eigenvalue weighted by Crippen LogP contribution is 2.45. The third-order valence-electron chi connectivity index (χ3n) is 5.91. The summed E-state index contributed by atoms with van der Waals surface area (Å²) in [5, 5.41) is 7.99. The number of hydrogen-bond acceptors (Lipinski definition) is 4. The molecular weight excluding hydrogens is 300 g/mol. The second kappa shape index (κ2) is 5.71. The molecule has 3 fully saturated rings. The van der Waals surface area contributed by atoms with E-state index < -0.39 is 0 Å². The van der Waals surface area contributed by atoms with Gasteiger partial charge >= 0.3 is 0 Å². The molecule has 0 unspecified atom stereocenters. The highest BCUT2D eigenvalue weighted by atomic mass is 16.5. The molecule has 4 nitrogen and oxygen atoms in total. The Morgan fingerprint density at radius 1 is 1.25 bits per heavy atom. The molecule has 24 heavy (non-hydrogen) atoms. The van der Waals surface area contributed by atoms with Crippen LogP contribution in [0.3, 0.4) is 0 Å². The number of ether oxygens (including phenoxy) is 1. The van der Waals surface area contributed by atoms with Crippen molar-refractivity contribution < 1.29 is 9.26 Å². The van der Waals surface area contributed by atoms with Gasteiger partial charge in [0.25, 0.3) is 0 Å². The van der Waals surface area contributed by atoms with E-state index >= 15 is 0 Å². The fraction of sp³-hybridized carbons (Fsp3) is 0.550. The molecule has 126 valence electrons. The van der Waals surface area contributed by atoms with Crippen LogP contribution in [-0.2, 0) is 11.3 Å². The van der Waals surface area contributed by atoms with Crippen molar-refractivity contribution in [2.24, 2.45) is 5.92 Å². The average Bonchev–Trinajstić information content (AvgIpc) is 3.04. The second-order valence-corrected chi connectivity index (χ2v) is 7.65. The molecular formula is C20H24N2O2. The minimum absolute atomic E-state index is 0.392. The van der Waals surface area contributed by atoms with Crippen molar-refractivity contribution >= 4 is 0 Å². The van der Waals surface area contributed by atoms with E-state index in [2.05, 4.69) is 41.7 Å². The maximum absolute atomic E-state index is 6.36. The first-order valence-corrected chi connectivity index (χ1v) is 9.19. The quantitative estimate of drug-likeness (QED) is 0.909. The molecule has 2 aliphatic carbocycles. The summed E-state index contributed by atoms with van der Waals surface area (Å²) < 4.78 is 12.1. The van der Waals surface area contributed by atoms with E-state index in [0.29, 0.717) is 30.6 Å². The van der Waals surface area contributed by atoms with Crippen molar-refractivity contribution in [3.05, 3.63) is 41.2 Å². The Morgan fingerprint density at radius 2 is 2.12 bits per heavy atom. The molecule has 4 heteroatoms. The molecule has 0 spiro atoms. The molecule has 2 bridgehead atoms. The van der Waals surface area contributed by atoms with Crippen LogP contribution in [0.1, 0.15) is 48.5 Å². The van der Waals surface area contributed by atoms with E-state index in [0.717, 1.165) is 24.4 Å². The molecule has 2 aromatic rings. The predicted octanol–water partition coefficient (Wildman–Crippen LogP) is 3.79. The number of aryl methyl sites for hydroxylation is 1. The highest BCUT2D eigenvalue weighted by molar-refractivity contribution is 5.67. The Bertz CT molecular complexity index is 750. The van der Waals surface area contributed by atoms with Gasteiger partial charge in [0.2, 0.25) is 0 Å². The SMILES string of the molecule is Cc1ccccc1-c1noc(C2CC2)c1CO[C@@H]1C[C@@H]2C[C@H]1CN2. The number of piperidine rings is 1. The fourth-order valence-electron chi connectivity index (χ4n) is 4.36. The number of benzene rings is 1. The average molecular weight is 324 g/mol. The third-order valence-corrected chi connectivity index (χ3v) is 5.91. The molecule has 1 aromatic carbocycles. The highest BCUT2D eigenvalue weighted by Gasteiger charge is 2.40. The van der Waals surface area contributed by atoms with Crippen LogP contribution in [0, 0.1) is 12.8 Å². The van der Waals surface area contributed by atoms with Gasteiger partial charge in [0.05, 0.1) is 12.7 Å². The lowest BCUT2D eigenvalue weighted by Crippen LogP contribution is -2.34. The lowest BCUT2D eigenvalue weighted by atomic mass is 10.0. The molecule has 5 rings (SSSR count). The topological polar surface area (TPSA) is 47.3 Å². The molecule has 1 N–H and O–H groups in total. The Hall–Kier alpha value is -1.65. The summed E-state index contributed by atoms with van der Waals surface area (Å²) in [5.41, 5.74) is 4.57. The van der Waals surface area contributed by atoms with Crippen LogP contribution in [-0.4, -0.2) is 23.8 Å². The van der Waals surface area contributed by atoms with E-state index in [1.54, 1.807) is 0 Å². The summed E-state index contributed by atoms with van der Waals surface area (Å²) in [6.07, 6.45) is 5.24. The van der Waals surface area contributed by atoms with Crippen LogP contribution < -0.4 is 5.32 Å². The largest absolute Gasteiger partial charge is 0.373 e. The molecule has 1 aromatic heterocycles. The van der Waals surface area contributed by atoms with Crippen molar-refractivity contribution in [1.29, 1.82) is 0 Å². The Morgan fingerprint density at radius 3 is 2.83 bits per heavy atom. The van der Waals surface area contributed by atoms with Crippen LogP contribution in [0.2, 0.25) is 0 Å². The number of nitrogens with one attached hydrogen (secondary N) is 1. The van der Waals surface area contributed by atoms with Crippen molar-refractivity contribution in [3.63, 3.8) is 0 Å². The summed E-state index contributed by atoms with van der Waals surface area (Å²) in [7, 11) is 0. The monoisotopic (exact) mass is 324 g/mol. The minimum Gasteiger partial charge on any atom is -0.373 e. The summed E-state index contributed by atoms with van der Waals surface area (Å²) in [6, 6.07) is 9.07. The minimum atomic E-state index is 0.392. The molecule has 3 aliphatic rings. The Labute approximate surface area is 142 Å². The molecule has 0 amide bonds. The van der Waals surface area contributed by atoms with Crippen molar-refractivity contribution in [1.82, 2.24) is 10.5 Å². The Balaban J connectivity index is 1.43. The van der Waals surface area contributed by atoms with Crippen LogP contribution in [0.15, 0.2) is 28.8 Å². The van der Waals surface area contributed by atoms with E-state index in [4.69, 9.17) is 9.26 Å². The third kappa shape index (κ3) is 2.49. The predicted molar refractivity (Wildman–Crippen MR) is 91.7 cm³/mol. The van der Waals surface area contributed by atoms with Gasteiger partial charge in [-0.05, 0) is 44.1 Å². The number of fused-ring (bicyclic) bond motifs is 2. The second-order valence-electron chi connectivity index (χ2n) is 7.65. The lowest BCUT2D eigenvalue weighted by molar-refractivity contribution is 0.00914. The van der Waals surface area contributed by atoms with E-state index in [1.165, 1.54) is 36.0 Å². The van der Waals surface area contributed by atoms with Gasteiger partial charge in [0.15, 0.2) is 0 Å². The number of hydrogen-bond donors (Lipinski definition) is 1. The van der Waals surface area contributed by atoms with E-state index in [1.807, 2.05) is 0 Å². The summed E-state index contributed by atoms with van der Waals surface area (Å²) in [5.74, 6) is 2.30. The van der Waals surface area contributed by atoms with Gasteiger partial charge in [-0.1, -0.05) is 29.4 Å². The first kappa shape index (κ1) is 14.7. The normalized spacial score (nSPS) is 28.6. The number of rotatable bonds is 5.